The molecule has 0 aliphatic heterocycles. The van der Waals surface area contributed by atoms with E-state index in [0.717, 1.165) is 35.8 Å². The van der Waals surface area contributed by atoms with Crippen molar-refractivity contribution in [1.82, 2.24) is 4.98 Å². The van der Waals surface area contributed by atoms with Gasteiger partial charge in [0.15, 0.2) is 0 Å². The fraction of sp³-hybridized carbons (Fsp3) is 0.500. The quantitative estimate of drug-likeness (QED) is 0.768. The molecule has 0 spiro atoms. The summed E-state index contributed by atoms with van der Waals surface area (Å²) in [7, 11) is 0. The maximum atomic E-state index is 10.2. The SMILES string of the molecule is OC1(c2ccc(Br)nc2)CCCC1. The Hall–Kier alpha value is -0.410. The van der Waals surface area contributed by atoms with E-state index in [9.17, 15) is 5.11 Å². The summed E-state index contributed by atoms with van der Waals surface area (Å²) in [5.74, 6) is 0. The van der Waals surface area contributed by atoms with Gasteiger partial charge in [-0.05, 0) is 34.8 Å². The summed E-state index contributed by atoms with van der Waals surface area (Å²) in [4.78, 5) is 4.13. The molecule has 1 aliphatic rings. The number of hydrogen-bond donors (Lipinski definition) is 1. The van der Waals surface area contributed by atoms with Crippen LogP contribution in [0.2, 0.25) is 0 Å². The van der Waals surface area contributed by atoms with E-state index in [1.807, 2.05) is 12.1 Å². The van der Waals surface area contributed by atoms with Gasteiger partial charge in [-0.1, -0.05) is 18.9 Å². The van der Waals surface area contributed by atoms with Crippen molar-refractivity contribution in [3.8, 4) is 0 Å². The Morgan fingerprint density at radius 3 is 2.54 bits per heavy atom. The van der Waals surface area contributed by atoms with Crippen LogP contribution in [0.3, 0.4) is 0 Å². The monoisotopic (exact) mass is 241 g/mol. The highest BCUT2D eigenvalue weighted by molar-refractivity contribution is 9.10. The third-order valence-electron chi connectivity index (χ3n) is 2.70. The molecule has 0 amide bonds. The van der Waals surface area contributed by atoms with Gasteiger partial charge in [0.1, 0.15) is 4.60 Å². The van der Waals surface area contributed by atoms with Crippen molar-refractivity contribution in [2.75, 3.05) is 0 Å². The first-order valence-electron chi connectivity index (χ1n) is 4.55. The molecule has 0 bridgehead atoms. The third-order valence-corrected chi connectivity index (χ3v) is 3.16. The fourth-order valence-corrected chi connectivity index (χ4v) is 2.13. The van der Waals surface area contributed by atoms with Crippen LogP contribution in [0, 0.1) is 0 Å². The van der Waals surface area contributed by atoms with E-state index < -0.39 is 5.60 Å². The van der Waals surface area contributed by atoms with Gasteiger partial charge >= 0.3 is 0 Å². The minimum absolute atomic E-state index is 0.603. The second-order valence-electron chi connectivity index (χ2n) is 3.61. The molecule has 13 heavy (non-hydrogen) atoms. The zero-order chi connectivity index (χ0) is 9.31. The molecule has 1 aliphatic carbocycles. The van der Waals surface area contributed by atoms with E-state index in [2.05, 4.69) is 20.9 Å². The summed E-state index contributed by atoms with van der Waals surface area (Å²) in [6, 6.07) is 3.83. The summed E-state index contributed by atoms with van der Waals surface area (Å²) in [6.45, 7) is 0. The lowest BCUT2D eigenvalue weighted by atomic mass is 9.94. The summed E-state index contributed by atoms with van der Waals surface area (Å²) < 4.78 is 0.817. The van der Waals surface area contributed by atoms with Gasteiger partial charge in [-0.15, -0.1) is 0 Å². The Morgan fingerprint density at radius 2 is 2.00 bits per heavy atom. The normalized spacial score (nSPS) is 20.5. The van der Waals surface area contributed by atoms with E-state index in [0.29, 0.717) is 0 Å². The molecule has 0 unspecified atom stereocenters. The molecule has 1 heterocycles. The van der Waals surface area contributed by atoms with Gasteiger partial charge < -0.3 is 5.11 Å². The molecule has 2 nitrogen and oxygen atoms in total. The number of pyridine rings is 1. The van der Waals surface area contributed by atoms with Crippen LogP contribution in [0.25, 0.3) is 0 Å². The molecule has 1 aromatic rings. The van der Waals surface area contributed by atoms with Crippen LogP contribution in [0.4, 0.5) is 0 Å². The molecule has 0 atom stereocenters. The average molecular weight is 242 g/mol. The van der Waals surface area contributed by atoms with Crippen molar-refractivity contribution in [3.63, 3.8) is 0 Å². The number of aromatic nitrogens is 1. The lowest BCUT2D eigenvalue weighted by molar-refractivity contribution is 0.0441. The molecule has 3 heteroatoms. The van der Waals surface area contributed by atoms with Gasteiger partial charge in [-0.2, -0.15) is 0 Å². The van der Waals surface area contributed by atoms with Crippen LogP contribution in [0.5, 0.6) is 0 Å². The first-order valence-corrected chi connectivity index (χ1v) is 5.34. The van der Waals surface area contributed by atoms with Crippen molar-refractivity contribution < 1.29 is 5.11 Å². The second-order valence-corrected chi connectivity index (χ2v) is 4.42. The first kappa shape index (κ1) is 9.16. The zero-order valence-corrected chi connectivity index (χ0v) is 8.92. The lowest BCUT2D eigenvalue weighted by Gasteiger charge is -2.21. The van der Waals surface area contributed by atoms with Crippen molar-refractivity contribution >= 4 is 15.9 Å². The molecule has 1 N–H and O–H groups in total. The lowest BCUT2D eigenvalue weighted by Crippen LogP contribution is -2.20. The van der Waals surface area contributed by atoms with Gasteiger partial charge in [-0.3, -0.25) is 0 Å². The Kier molecular flexibility index (Phi) is 2.39. The molecule has 0 radical (unpaired) electrons. The highest BCUT2D eigenvalue weighted by atomic mass is 79.9. The number of rotatable bonds is 1. The van der Waals surface area contributed by atoms with E-state index in [1.54, 1.807) is 6.20 Å². The average Bonchev–Trinajstić information content (AvgIpc) is 2.54. The first-order chi connectivity index (χ1) is 6.21. The minimum Gasteiger partial charge on any atom is -0.385 e. The van der Waals surface area contributed by atoms with Gasteiger partial charge in [0.25, 0.3) is 0 Å². The summed E-state index contributed by atoms with van der Waals surface area (Å²) >= 11 is 3.28. The Balaban J connectivity index is 2.29. The molecule has 1 fully saturated rings. The molecular formula is C10H12BrNO. The predicted octanol–water partition coefficient (Wildman–Crippen LogP) is 2.61. The third kappa shape index (κ3) is 1.76. The molecular weight excluding hydrogens is 230 g/mol. The highest BCUT2D eigenvalue weighted by Gasteiger charge is 2.32. The van der Waals surface area contributed by atoms with Gasteiger partial charge in [0.2, 0.25) is 0 Å². The van der Waals surface area contributed by atoms with Crippen LogP contribution < -0.4 is 0 Å². The molecule has 2 rings (SSSR count). The van der Waals surface area contributed by atoms with Gasteiger partial charge in [-0.25, -0.2) is 4.98 Å². The van der Waals surface area contributed by atoms with Crippen molar-refractivity contribution in [2.45, 2.75) is 31.3 Å². The van der Waals surface area contributed by atoms with Crippen LogP contribution in [-0.4, -0.2) is 10.1 Å². The Bertz CT molecular complexity index is 290. The topological polar surface area (TPSA) is 33.1 Å². The van der Waals surface area contributed by atoms with E-state index in [-0.39, 0.29) is 0 Å². The van der Waals surface area contributed by atoms with Crippen molar-refractivity contribution in [3.05, 3.63) is 28.5 Å². The van der Waals surface area contributed by atoms with Gasteiger partial charge in [0.05, 0.1) is 5.60 Å². The number of aliphatic hydroxyl groups is 1. The fourth-order valence-electron chi connectivity index (χ4n) is 1.90. The van der Waals surface area contributed by atoms with E-state index in [4.69, 9.17) is 0 Å². The number of nitrogens with zero attached hydrogens (tertiary/aromatic N) is 1. The van der Waals surface area contributed by atoms with Crippen LogP contribution >= 0.6 is 15.9 Å². The van der Waals surface area contributed by atoms with Crippen LogP contribution in [0.1, 0.15) is 31.2 Å². The maximum Gasteiger partial charge on any atom is 0.106 e. The Morgan fingerprint density at radius 1 is 1.31 bits per heavy atom. The number of halogens is 1. The number of hydrogen-bond acceptors (Lipinski definition) is 2. The molecule has 1 saturated carbocycles. The zero-order valence-electron chi connectivity index (χ0n) is 7.33. The molecule has 1 aromatic heterocycles. The smallest absolute Gasteiger partial charge is 0.106 e. The summed E-state index contributed by atoms with van der Waals surface area (Å²) in [6.07, 6.45) is 5.74. The van der Waals surface area contributed by atoms with Crippen LogP contribution in [-0.2, 0) is 5.60 Å². The summed E-state index contributed by atoms with van der Waals surface area (Å²) in [5, 5.41) is 10.2. The molecule has 0 saturated heterocycles. The van der Waals surface area contributed by atoms with Gasteiger partial charge in [0, 0.05) is 11.8 Å². The molecule has 0 aromatic carbocycles. The van der Waals surface area contributed by atoms with E-state index >= 15 is 0 Å². The van der Waals surface area contributed by atoms with Crippen molar-refractivity contribution in [2.24, 2.45) is 0 Å². The standard InChI is InChI=1S/C10H12BrNO/c11-9-4-3-8(7-12-9)10(13)5-1-2-6-10/h3-4,7,13H,1-2,5-6H2. The van der Waals surface area contributed by atoms with Crippen molar-refractivity contribution in [1.29, 1.82) is 0 Å². The largest absolute Gasteiger partial charge is 0.385 e. The summed E-state index contributed by atoms with van der Waals surface area (Å²) in [5.41, 5.74) is 0.349. The Labute approximate surface area is 86.1 Å². The predicted molar refractivity (Wildman–Crippen MR) is 54.3 cm³/mol. The van der Waals surface area contributed by atoms with Crippen LogP contribution in [0.15, 0.2) is 22.9 Å². The second kappa shape index (κ2) is 3.39. The minimum atomic E-state index is -0.603. The maximum absolute atomic E-state index is 10.2. The molecule has 70 valence electrons. The van der Waals surface area contributed by atoms with E-state index in [1.165, 1.54) is 0 Å². The highest BCUT2D eigenvalue weighted by Crippen LogP contribution is 2.38.